The molecule has 0 radical (unpaired) electrons. The Labute approximate surface area is 182 Å². The van der Waals surface area contributed by atoms with Crippen LogP contribution in [0.1, 0.15) is 59.7 Å². The van der Waals surface area contributed by atoms with Gasteiger partial charge in [-0.3, -0.25) is 14.9 Å². The SMILES string of the molecule is CC1(c2ccc(C(=O)N3CCCC4(CCCc5ccccc54)C3)cc2)NC(=O)NC1=O. The van der Waals surface area contributed by atoms with Crippen LogP contribution in [0, 0.1) is 0 Å². The normalized spacial score (nSPS) is 27.6. The Bertz CT molecular complexity index is 1060. The molecule has 6 nitrogen and oxygen atoms in total. The average Bonchev–Trinajstić information content (AvgIpc) is 3.06. The van der Waals surface area contributed by atoms with Gasteiger partial charge in [0.25, 0.3) is 11.8 Å². The van der Waals surface area contributed by atoms with Gasteiger partial charge in [0.05, 0.1) is 0 Å². The van der Waals surface area contributed by atoms with E-state index in [1.54, 1.807) is 31.2 Å². The fourth-order valence-electron chi connectivity index (χ4n) is 5.61. The third kappa shape index (κ3) is 3.21. The van der Waals surface area contributed by atoms with Gasteiger partial charge in [-0.1, -0.05) is 36.4 Å². The molecule has 2 aromatic rings. The molecular formula is C25H27N3O3. The molecule has 2 fully saturated rings. The lowest BCUT2D eigenvalue weighted by molar-refractivity contribution is -0.123. The number of urea groups is 1. The predicted molar refractivity (Wildman–Crippen MR) is 117 cm³/mol. The van der Waals surface area contributed by atoms with E-state index in [-0.39, 0.29) is 17.2 Å². The molecule has 2 aliphatic heterocycles. The molecule has 2 aromatic carbocycles. The zero-order chi connectivity index (χ0) is 21.6. The maximum absolute atomic E-state index is 13.3. The van der Waals surface area contributed by atoms with Gasteiger partial charge in [-0.25, -0.2) is 4.79 Å². The summed E-state index contributed by atoms with van der Waals surface area (Å²) in [4.78, 5) is 39.1. The molecule has 0 aromatic heterocycles. The lowest BCUT2D eigenvalue weighted by atomic mass is 9.66. The van der Waals surface area contributed by atoms with Crippen molar-refractivity contribution in [3.63, 3.8) is 0 Å². The molecule has 160 valence electrons. The van der Waals surface area contributed by atoms with Crippen LogP contribution in [0.3, 0.4) is 0 Å². The van der Waals surface area contributed by atoms with Crippen LogP contribution in [0.25, 0.3) is 0 Å². The van der Waals surface area contributed by atoms with Crippen LogP contribution in [-0.2, 0) is 22.2 Å². The first-order chi connectivity index (χ1) is 14.9. The minimum atomic E-state index is -1.11. The smallest absolute Gasteiger partial charge is 0.322 e. The van der Waals surface area contributed by atoms with E-state index in [1.165, 1.54) is 17.5 Å². The minimum Gasteiger partial charge on any atom is -0.338 e. The minimum absolute atomic E-state index is 0.0266. The lowest BCUT2D eigenvalue weighted by Crippen LogP contribution is -2.50. The van der Waals surface area contributed by atoms with Crippen molar-refractivity contribution in [1.82, 2.24) is 15.5 Å². The molecule has 2 saturated heterocycles. The topological polar surface area (TPSA) is 78.5 Å². The van der Waals surface area contributed by atoms with Crippen molar-refractivity contribution in [2.45, 2.75) is 50.0 Å². The number of amides is 4. The predicted octanol–water partition coefficient (Wildman–Crippen LogP) is 3.25. The third-order valence-electron chi connectivity index (χ3n) is 7.31. The Balaban J connectivity index is 1.38. The number of likely N-dealkylation sites (tertiary alicyclic amines) is 1. The zero-order valence-electron chi connectivity index (χ0n) is 17.7. The van der Waals surface area contributed by atoms with Crippen molar-refractivity contribution in [3.8, 4) is 0 Å². The van der Waals surface area contributed by atoms with E-state index in [0.717, 1.165) is 38.8 Å². The zero-order valence-corrected chi connectivity index (χ0v) is 17.7. The Hall–Kier alpha value is -3.15. The van der Waals surface area contributed by atoms with Crippen LogP contribution in [0.4, 0.5) is 4.79 Å². The number of benzene rings is 2. The molecule has 2 unspecified atom stereocenters. The van der Waals surface area contributed by atoms with Gasteiger partial charge in [0, 0.05) is 24.1 Å². The molecule has 3 aliphatic rings. The van der Waals surface area contributed by atoms with Gasteiger partial charge in [0.2, 0.25) is 0 Å². The number of nitrogens with one attached hydrogen (secondary N) is 2. The van der Waals surface area contributed by atoms with Gasteiger partial charge in [-0.2, -0.15) is 0 Å². The summed E-state index contributed by atoms with van der Waals surface area (Å²) in [5.41, 5.74) is 3.06. The highest BCUT2D eigenvalue weighted by Gasteiger charge is 2.44. The summed E-state index contributed by atoms with van der Waals surface area (Å²) >= 11 is 0. The third-order valence-corrected chi connectivity index (χ3v) is 7.31. The molecule has 2 atom stereocenters. The summed E-state index contributed by atoms with van der Waals surface area (Å²) < 4.78 is 0. The fraction of sp³-hybridized carbons (Fsp3) is 0.400. The van der Waals surface area contributed by atoms with Gasteiger partial charge in [0.15, 0.2) is 0 Å². The van der Waals surface area contributed by atoms with E-state index >= 15 is 0 Å². The number of carbonyl (C=O) groups excluding carboxylic acids is 3. The summed E-state index contributed by atoms with van der Waals surface area (Å²) in [5.74, 6) is -0.357. The standard InChI is InChI=1S/C25H27N3O3/c1-24(22(30)26-23(31)27-24)19-11-9-18(10-12-19)21(29)28-15-5-14-25(16-28)13-4-7-17-6-2-3-8-20(17)25/h2-3,6,8-12H,4-5,7,13-16H2,1H3,(H2,26,27,30,31). The average molecular weight is 418 g/mol. The van der Waals surface area contributed by atoms with Crippen LogP contribution >= 0.6 is 0 Å². The summed E-state index contributed by atoms with van der Waals surface area (Å²) in [5, 5.41) is 4.93. The summed E-state index contributed by atoms with van der Waals surface area (Å²) in [7, 11) is 0. The quantitative estimate of drug-likeness (QED) is 0.737. The highest BCUT2D eigenvalue weighted by atomic mass is 16.2. The second kappa shape index (κ2) is 7.22. The molecular weight excluding hydrogens is 390 g/mol. The number of imide groups is 1. The first-order valence-electron chi connectivity index (χ1n) is 11.0. The van der Waals surface area contributed by atoms with Gasteiger partial charge in [0.1, 0.15) is 5.54 Å². The lowest BCUT2D eigenvalue weighted by Gasteiger charge is -2.46. The van der Waals surface area contributed by atoms with Crippen molar-refractivity contribution in [2.75, 3.05) is 13.1 Å². The van der Waals surface area contributed by atoms with E-state index in [2.05, 4.69) is 34.9 Å². The van der Waals surface area contributed by atoms with E-state index < -0.39 is 11.6 Å². The molecule has 2 N–H and O–H groups in total. The van der Waals surface area contributed by atoms with Crippen molar-refractivity contribution >= 4 is 17.8 Å². The first-order valence-corrected chi connectivity index (χ1v) is 11.0. The number of rotatable bonds is 2. The van der Waals surface area contributed by atoms with E-state index in [9.17, 15) is 14.4 Å². The Morgan fingerprint density at radius 1 is 1.00 bits per heavy atom. The number of hydrogen-bond donors (Lipinski definition) is 2. The van der Waals surface area contributed by atoms with Crippen LogP contribution in [0.15, 0.2) is 48.5 Å². The van der Waals surface area contributed by atoms with Crippen LogP contribution < -0.4 is 10.6 Å². The maximum atomic E-state index is 13.3. The Morgan fingerprint density at radius 3 is 2.48 bits per heavy atom. The van der Waals surface area contributed by atoms with Gasteiger partial charge in [-0.15, -0.1) is 0 Å². The Kier molecular flexibility index (Phi) is 4.61. The van der Waals surface area contributed by atoms with Crippen LogP contribution in [0.2, 0.25) is 0 Å². The van der Waals surface area contributed by atoms with Gasteiger partial charge < -0.3 is 10.2 Å². The van der Waals surface area contributed by atoms with Gasteiger partial charge >= 0.3 is 6.03 Å². The second-order valence-corrected chi connectivity index (χ2v) is 9.23. The summed E-state index contributed by atoms with van der Waals surface area (Å²) in [6, 6.07) is 15.2. The molecule has 2 heterocycles. The number of fused-ring (bicyclic) bond motifs is 2. The molecule has 1 aliphatic carbocycles. The molecule has 4 amide bonds. The maximum Gasteiger partial charge on any atom is 0.322 e. The molecule has 0 saturated carbocycles. The first kappa shape index (κ1) is 19.8. The molecule has 1 spiro atoms. The van der Waals surface area contributed by atoms with Crippen molar-refractivity contribution < 1.29 is 14.4 Å². The van der Waals surface area contributed by atoms with Crippen molar-refractivity contribution in [2.24, 2.45) is 0 Å². The van der Waals surface area contributed by atoms with Crippen molar-refractivity contribution in [3.05, 3.63) is 70.8 Å². The highest BCUT2D eigenvalue weighted by molar-refractivity contribution is 6.07. The molecule has 0 bridgehead atoms. The fourth-order valence-corrected chi connectivity index (χ4v) is 5.61. The van der Waals surface area contributed by atoms with Gasteiger partial charge in [-0.05, 0) is 67.9 Å². The van der Waals surface area contributed by atoms with Crippen LogP contribution in [0.5, 0.6) is 0 Å². The van der Waals surface area contributed by atoms with E-state index in [0.29, 0.717) is 11.1 Å². The number of aryl methyl sites for hydroxylation is 1. The van der Waals surface area contributed by atoms with E-state index in [1.807, 2.05) is 4.90 Å². The monoisotopic (exact) mass is 417 g/mol. The highest BCUT2D eigenvalue weighted by Crippen LogP contribution is 2.43. The summed E-state index contributed by atoms with van der Waals surface area (Å²) in [6.45, 7) is 3.18. The second-order valence-electron chi connectivity index (χ2n) is 9.23. The van der Waals surface area contributed by atoms with E-state index in [4.69, 9.17) is 0 Å². The molecule has 5 rings (SSSR count). The largest absolute Gasteiger partial charge is 0.338 e. The van der Waals surface area contributed by atoms with Crippen LogP contribution in [-0.4, -0.2) is 35.8 Å². The van der Waals surface area contributed by atoms with Crippen molar-refractivity contribution in [1.29, 1.82) is 0 Å². The number of hydrogen-bond acceptors (Lipinski definition) is 3. The number of nitrogens with zero attached hydrogens (tertiary/aromatic N) is 1. The molecule has 31 heavy (non-hydrogen) atoms. The number of piperidine rings is 1. The molecule has 6 heteroatoms. The number of carbonyl (C=O) groups is 3. The summed E-state index contributed by atoms with van der Waals surface area (Å²) in [6.07, 6.45) is 5.54. The Morgan fingerprint density at radius 2 is 1.74 bits per heavy atom.